The molecule has 0 atom stereocenters. The Morgan fingerprint density at radius 3 is 2.95 bits per heavy atom. The Hall–Kier alpha value is -2.60. The predicted molar refractivity (Wildman–Crippen MR) is 73.6 cm³/mol. The number of hydrogen-bond acceptors (Lipinski definition) is 5. The van der Waals surface area contributed by atoms with E-state index in [-0.39, 0.29) is 19.0 Å². The number of nitrogens with one attached hydrogen (secondary N) is 1. The summed E-state index contributed by atoms with van der Waals surface area (Å²) in [6.07, 6.45) is 3.36. The topological polar surface area (TPSA) is 91.3 Å². The largest absolute Gasteiger partial charge is 0.508 e. The van der Waals surface area contributed by atoms with Gasteiger partial charge in [-0.3, -0.25) is 4.98 Å². The summed E-state index contributed by atoms with van der Waals surface area (Å²) in [6.45, 7) is 0.0530. The lowest BCUT2D eigenvalue weighted by Gasteiger charge is -2.09. The number of aromatic nitrogens is 3. The average Bonchev–Trinajstić information content (AvgIpc) is 2.88. The van der Waals surface area contributed by atoms with E-state index in [1.165, 1.54) is 6.07 Å². The first-order valence-corrected chi connectivity index (χ1v) is 6.14. The van der Waals surface area contributed by atoms with Gasteiger partial charge in [0, 0.05) is 12.3 Å². The van der Waals surface area contributed by atoms with Crippen LogP contribution in [-0.4, -0.2) is 38.4 Å². The maximum atomic E-state index is 9.54. The standard InChI is InChI=1S/C14H13N3O3/c18-5-6-20-13-7-9(19)1-2-10(13)14-16-11-3-4-15-8-12(11)17-14/h1-4,7-8,18-19H,5-6H2,(H,16,17). The molecule has 0 saturated carbocycles. The molecular formula is C14H13N3O3. The van der Waals surface area contributed by atoms with E-state index >= 15 is 0 Å². The Balaban J connectivity index is 2.07. The molecule has 0 unspecified atom stereocenters. The molecule has 3 N–H and O–H groups in total. The zero-order chi connectivity index (χ0) is 13.9. The Morgan fingerprint density at radius 2 is 2.15 bits per heavy atom. The molecule has 3 rings (SSSR count). The first-order valence-electron chi connectivity index (χ1n) is 6.14. The summed E-state index contributed by atoms with van der Waals surface area (Å²) >= 11 is 0. The maximum absolute atomic E-state index is 9.54. The molecule has 0 spiro atoms. The van der Waals surface area contributed by atoms with Crippen LogP contribution in [0.15, 0.2) is 36.7 Å². The summed E-state index contributed by atoms with van der Waals surface area (Å²) < 4.78 is 5.43. The number of benzene rings is 1. The lowest BCUT2D eigenvalue weighted by atomic mass is 10.2. The van der Waals surface area contributed by atoms with E-state index in [0.717, 1.165) is 11.0 Å². The van der Waals surface area contributed by atoms with Gasteiger partial charge in [-0.25, -0.2) is 4.98 Å². The molecule has 0 bridgehead atoms. The second-order valence-electron chi connectivity index (χ2n) is 4.23. The summed E-state index contributed by atoms with van der Waals surface area (Å²) in [5.74, 6) is 1.19. The number of rotatable bonds is 4. The van der Waals surface area contributed by atoms with Crippen LogP contribution in [0.3, 0.4) is 0 Å². The van der Waals surface area contributed by atoms with Crippen LogP contribution in [0.5, 0.6) is 11.5 Å². The third kappa shape index (κ3) is 2.28. The maximum Gasteiger partial charge on any atom is 0.142 e. The number of aromatic hydroxyl groups is 1. The van der Waals surface area contributed by atoms with E-state index in [4.69, 9.17) is 9.84 Å². The van der Waals surface area contributed by atoms with Crippen LogP contribution in [0.1, 0.15) is 0 Å². The van der Waals surface area contributed by atoms with Crippen LogP contribution in [0.4, 0.5) is 0 Å². The number of ether oxygens (including phenoxy) is 1. The van der Waals surface area contributed by atoms with Crippen LogP contribution in [0.25, 0.3) is 22.4 Å². The van der Waals surface area contributed by atoms with Crippen LogP contribution in [0.2, 0.25) is 0 Å². The number of hydrogen-bond donors (Lipinski definition) is 3. The van der Waals surface area contributed by atoms with Gasteiger partial charge in [0.1, 0.15) is 29.4 Å². The van der Waals surface area contributed by atoms with Crippen molar-refractivity contribution < 1.29 is 14.9 Å². The number of nitrogens with zero attached hydrogens (tertiary/aromatic N) is 2. The fourth-order valence-electron chi connectivity index (χ4n) is 1.97. The summed E-state index contributed by atoms with van der Waals surface area (Å²) in [5.41, 5.74) is 2.34. The van der Waals surface area contributed by atoms with Gasteiger partial charge in [-0.1, -0.05) is 0 Å². The highest BCUT2D eigenvalue weighted by Crippen LogP contribution is 2.32. The van der Waals surface area contributed by atoms with Crippen molar-refractivity contribution in [2.24, 2.45) is 0 Å². The van der Waals surface area contributed by atoms with E-state index in [0.29, 0.717) is 17.1 Å². The van der Waals surface area contributed by atoms with Crippen molar-refractivity contribution in [1.82, 2.24) is 15.0 Å². The van der Waals surface area contributed by atoms with Crippen LogP contribution >= 0.6 is 0 Å². The Morgan fingerprint density at radius 1 is 1.25 bits per heavy atom. The number of aliphatic hydroxyl groups is 1. The predicted octanol–water partition coefficient (Wildman–Crippen LogP) is 1.70. The van der Waals surface area contributed by atoms with Crippen molar-refractivity contribution in [3.8, 4) is 22.9 Å². The average molecular weight is 271 g/mol. The molecule has 102 valence electrons. The Kier molecular flexibility index (Phi) is 3.22. The highest BCUT2D eigenvalue weighted by Gasteiger charge is 2.12. The second kappa shape index (κ2) is 5.18. The van der Waals surface area contributed by atoms with Crippen molar-refractivity contribution in [1.29, 1.82) is 0 Å². The van der Waals surface area contributed by atoms with Gasteiger partial charge in [0.15, 0.2) is 0 Å². The number of imidazole rings is 1. The van der Waals surface area contributed by atoms with Crippen LogP contribution in [-0.2, 0) is 0 Å². The highest BCUT2D eigenvalue weighted by atomic mass is 16.5. The minimum absolute atomic E-state index is 0.0967. The van der Waals surface area contributed by atoms with Crippen molar-refractivity contribution >= 4 is 11.0 Å². The highest BCUT2D eigenvalue weighted by molar-refractivity contribution is 5.80. The molecule has 0 saturated heterocycles. The summed E-state index contributed by atoms with van der Waals surface area (Å²) in [5, 5.41) is 18.4. The molecule has 0 fully saturated rings. The second-order valence-corrected chi connectivity index (χ2v) is 4.23. The third-order valence-corrected chi connectivity index (χ3v) is 2.85. The van der Waals surface area contributed by atoms with Crippen LogP contribution < -0.4 is 4.74 Å². The number of H-pyrrole nitrogens is 1. The lowest BCUT2D eigenvalue weighted by Crippen LogP contribution is -2.02. The number of aromatic amines is 1. The van der Waals surface area contributed by atoms with Gasteiger partial charge in [0.2, 0.25) is 0 Å². The minimum atomic E-state index is -0.0981. The summed E-state index contributed by atoms with van der Waals surface area (Å²) in [6, 6.07) is 6.61. The van der Waals surface area contributed by atoms with Gasteiger partial charge in [0.05, 0.1) is 23.9 Å². The Labute approximate surface area is 114 Å². The van der Waals surface area contributed by atoms with E-state index in [1.807, 2.05) is 6.07 Å². The fourth-order valence-corrected chi connectivity index (χ4v) is 1.97. The van der Waals surface area contributed by atoms with Gasteiger partial charge >= 0.3 is 0 Å². The summed E-state index contributed by atoms with van der Waals surface area (Å²) in [7, 11) is 0. The number of pyridine rings is 1. The molecule has 0 aliphatic carbocycles. The van der Waals surface area contributed by atoms with Gasteiger partial charge in [-0.05, 0) is 18.2 Å². The quantitative estimate of drug-likeness (QED) is 0.671. The SMILES string of the molecule is OCCOc1cc(O)ccc1-c1nc2cnccc2[nH]1. The van der Waals surface area contributed by atoms with Crippen molar-refractivity contribution in [2.75, 3.05) is 13.2 Å². The van der Waals surface area contributed by atoms with Gasteiger partial charge < -0.3 is 19.9 Å². The van der Waals surface area contributed by atoms with Crippen molar-refractivity contribution in [2.45, 2.75) is 0 Å². The van der Waals surface area contributed by atoms with E-state index in [1.54, 1.807) is 24.5 Å². The smallest absolute Gasteiger partial charge is 0.142 e. The Bertz CT molecular complexity index is 706. The fraction of sp³-hybridized carbons (Fsp3) is 0.143. The monoisotopic (exact) mass is 271 g/mol. The molecule has 3 aromatic rings. The zero-order valence-electron chi connectivity index (χ0n) is 10.6. The molecule has 6 heteroatoms. The van der Waals surface area contributed by atoms with Crippen molar-refractivity contribution in [3.05, 3.63) is 36.7 Å². The van der Waals surface area contributed by atoms with E-state index < -0.39 is 0 Å². The van der Waals surface area contributed by atoms with Crippen LogP contribution in [0, 0.1) is 0 Å². The number of aliphatic hydroxyl groups excluding tert-OH is 1. The molecule has 6 nitrogen and oxygen atoms in total. The third-order valence-electron chi connectivity index (χ3n) is 2.85. The molecule has 0 amide bonds. The molecule has 1 aromatic carbocycles. The normalized spacial score (nSPS) is 10.8. The van der Waals surface area contributed by atoms with Crippen molar-refractivity contribution in [3.63, 3.8) is 0 Å². The van der Waals surface area contributed by atoms with E-state index in [9.17, 15) is 5.11 Å². The molecule has 20 heavy (non-hydrogen) atoms. The lowest BCUT2D eigenvalue weighted by molar-refractivity contribution is 0.201. The van der Waals surface area contributed by atoms with E-state index in [2.05, 4.69) is 15.0 Å². The molecule has 0 radical (unpaired) electrons. The van der Waals surface area contributed by atoms with Gasteiger partial charge in [-0.15, -0.1) is 0 Å². The molecule has 0 aliphatic rings. The zero-order valence-corrected chi connectivity index (χ0v) is 10.6. The first kappa shape index (κ1) is 12.4. The van der Waals surface area contributed by atoms with Gasteiger partial charge in [-0.2, -0.15) is 0 Å². The number of phenols is 1. The molecular weight excluding hydrogens is 258 g/mol. The molecule has 2 heterocycles. The number of phenolic OH excluding ortho intramolecular Hbond substituents is 1. The first-order chi connectivity index (χ1) is 9.78. The molecule has 0 aliphatic heterocycles. The number of fused-ring (bicyclic) bond motifs is 1. The summed E-state index contributed by atoms with van der Waals surface area (Å²) in [4.78, 5) is 11.6. The molecule has 2 aromatic heterocycles. The minimum Gasteiger partial charge on any atom is -0.508 e. The van der Waals surface area contributed by atoms with Gasteiger partial charge in [0.25, 0.3) is 0 Å².